The van der Waals surface area contributed by atoms with Crippen molar-refractivity contribution in [3.63, 3.8) is 0 Å². The molecule has 2 amide bonds. The molecule has 11 heteroatoms. The molecule has 0 saturated heterocycles. The molecule has 3 aromatic rings. The number of nitrogens with one attached hydrogen (secondary N) is 1. The van der Waals surface area contributed by atoms with Crippen LogP contribution in [0.1, 0.15) is 57.0 Å². The molecule has 0 aliphatic heterocycles. The van der Waals surface area contributed by atoms with Crippen molar-refractivity contribution in [3.8, 4) is 16.3 Å². The molecule has 0 unspecified atom stereocenters. The fourth-order valence-electron chi connectivity index (χ4n) is 3.98. The lowest BCUT2D eigenvalue weighted by atomic mass is 9.92. The van der Waals surface area contributed by atoms with Crippen molar-refractivity contribution < 1.29 is 27.5 Å². The Balaban J connectivity index is 1.43. The summed E-state index contributed by atoms with van der Waals surface area (Å²) in [6.45, 7) is 1.76. The highest BCUT2D eigenvalue weighted by atomic mass is 32.1. The average Bonchev–Trinajstić information content (AvgIpc) is 3.26. The van der Waals surface area contributed by atoms with Gasteiger partial charge in [0, 0.05) is 24.0 Å². The van der Waals surface area contributed by atoms with Crippen LogP contribution < -0.4 is 15.8 Å². The van der Waals surface area contributed by atoms with Gasteiger partial charge in [-0.1, -0.05) is 0 Å². The predicted octanol–water partition coefficient (Wildman–Crippen LogP) is 4.75. The van der Waals surface area contributed by atoms with Crippen LogP contribution in [0.5, 0.6) is 5.88 Å². The van der Waals surface area contributed by atoms with Crippen molar-refractivity contribution >= 4 is 23.2 Å². The number of pyridine rings is 1. The van der Waals surface area contributed by atoms with Gasteiger partial charge < -0.3 is 15.8 Å². The third-order valence-electron chi connectivity index (χ3n) is 5.75. The van der Waals surface area contributed by atoms with Crippen LogP contribution in [-0.2, 0) is 6.18 Å². The number of rotatable bonds is 6. The number of carbonyl (C=O) groups is 2. The first-order valence-electron chi connectivity index (χ1n) is 11.0. The number of benzene rings is 1. The van der Waals surface area contributed by atoms with E-state index in [1.807, 2.05) is 0 Å². The summed E-state index contributed by atoms with van der Waals surface area (Å²) >= 11 is 1.26. The SMILES string of the molecule is Cc1ncc(-c2cc(C(=O)NC3CCC(Oc4ncccc4C(N)=O)CC3)cc(C(F)(F)F)c2)s1. The Morgan fingerprint density at radius 2 is 1.89 bits per heavy atom. The van der Waals surface area contributed by atoms with Gasteiger partial charge in [0.25, 0.3) is 11.8 Å². The maximum atomic E-state index is 13.5. The number of primary amides is 1. The predicted molar refractivity (Wildman–Crippen MR) is 124 cm³/mol. The van der Waals surface area contributed by atoms with Crippen molar-refractivity contribution in [3.05, 3.63) is 64.4 Å². The van der Waals surface area contributed by atoms with Crippen LogP contribution in [0, 0.1) is 6.92 Å². The first kappa shape index (κ1) is 24.6. The van der Waals surface area contributed by atoms with E-state index in [9.17, 15) is 22.8 Å². The number of nitrogens with zero attached hydrogens (tertiary/aromatic N) is 2. The first-order chi connectivity index (χ1) is 16.6. The minimum absolute atomic E-state index is 0.0566. The quantitative estimate of drug-likeness (QED) is 0.504. The molecular weight excluding hydrogens is 481 g/mol. The topological polar surface area (TPSA) is 107 Å². The van der Waals surface area contributed by atoms with E-state index in [0.29, 0.717) is 36.1 Å². The number of ether oxygens (including phenoxy) is 1. The van der Waals surface area contributed by atoms with Crippen molar-refractivity contribution in [2.75, 3.05) is 0 Å². The lowest BCUT2D eigenvalue weighted by Crippen LogP contribution is -2.40. The maximum absolute atomic E-state index is 13.5. The minimum atomic E-state index is -4.59. The summed E-state index contributed by atoms with van der Waals surface area (Å²) in [4.78, 5) is 33.2. The Morgan fingerprint density at radius 3 is 2.51 bits per heavy atom. The van der Waals surface area contributed by atoms with Gasteiger partial charge in [0.1, 0.15) is 11.7 Å². The smallest absolute Gasteiger partial charge is 0.416 e. The number of carbonyl (C=O) groups excluding carboxylic acids is 2. The molecule has 0 spiro atoms. The third-order valence-corrected chi connectivity index (χ3v) is 6.71. The Hall–Kier alpha value is -3.47. The normalized spacial score (nSPS) is 18.2. The van der Waals surface area contributed by atoms with E-state index in [0.717, 1.165) is 17.1 Å². The van der Waals surface area contributed by atoms with Crippen LogP contribution in [0.4, 0.5) is 13.2 Å². The lowest BCUT2D eigenvalue weighted by molar-refractivity contribution is -0.137. The maximum Gasteiger partial charge on any atom is 0.416 e. The van der Waals surface area contributed by atoms with Gasteiger partial charge in [-0.3, -0.25) is 9.59 Å². The molecule has 2 aromatic heterocycles. The van der Waals surface area contributed by atoms with E-state index in [-0.39, 0.29) is 29.2 Å². The largest absolute Gasteiger partial charge is 0.474 e. The second kappa shape index (κ2) is 10.0. The molecule has 0 bridgehead atoms. The minimum Gasteiger partial charge on any atom is -0.474 e. The molecule has 1 aliphatic rings. The molecule has 1 fully saturated rings. The molecule has 0 atom stereocenters. The summed E-state index contributed by atoms with van der Waals surface area (Å²) in [5.41, 5.74) is 4.91. The van der Waals surface area contributed by atoms with Gasteiger partial charge in [-0.25, -0.2) is 9.97 Å². The second-order valence-corrected chi connectivity index (χ2v) is 9.56. The zero-order valence-corrected chi connectivity index (χ0v) is 19.6. The zero-order valence-electron chi connectivity index (χ0n) is 18.8. The Kier molecular flexibility index (Phi) is 7.06. The number of amides is 2. The number of aryl methyl sites for hydroxylation is 1. The van der Waals surface area contributed by atoms with E-state index in [4.69, 9.17) is 10.5 Å². The molecule has 4 rings (SSSR count). The Labute approximate surface area is 203 Å². The van der Waals surface area contributed by atoms with Crippen molar-refractivity contribution in [2.45, 2.75) is 50.9 Å². The molecule has 184 valence electrons. The van der Waals surface area contributed by atoms with Crippen molar-refractivity contribution in [2.24, 2.45) is 5.73 Å². The van der Waals surface area contributed by atoms with Gasteiger partial charge >= 0.3 is 6.18 Å². The van der Waals surface area contributed by atoms with E-state index in [1.54, 1.807) is 13.0 Å². The lowest BCUT2D eigenvalue weighted by Gasteiger charge is -2.29. The summed E-state index contributed by atoms with van der Waals surface area (Å²) in [6, 6.07) is 6.27. The molecule has 7 nitrogen and oxygen atoms in total. The van der Waals surface area contributed by atoms with E-state index < -0.39 is 23.6 Å². The monoisotopic (exact) mass is 504 g/mol. The molecule has 35 heavy (non-hydrogen) atoms. The van der Waals surface area contributed by atoms with Crippen molar-refractivity contribution in [1.82, 2.24) is 15.3 Å². The summed E-state index contributed by atoms with van der Waals surface area (Å²) < 4.78 is 46.3. The molecule has 1 aliphatic carbocycles. The number of alkyl halides is 3. The van der Waals surface area contributed by atoms with Gasteiger partial charge in [-0.05, 0) is 68.5 Å². The number of thiazole rings is 1. The fraction of sp³-hybridized carbons (Fsp3) is 0.333. The van der Waals surface area contributed by atoms with Crippen LogP contribution in [0.3, 0.4) is 0 Å². The van der Waals surface area contributed by atoms with Crippen molar-refractivity contribution in [1.29, 1.82) is 0 Å². The van der Waals surface area contributed by atoms with E-state index in [1.165, 1.54) is 35.9 Å². The molecule has 0 radical (unpaired) electrons. The molecule has 2 heterocycles. The Bertz CT molecular complexity index is 1240. The molecule has 3 N–H and O–H groups in total. The van der Waals surface area contributed by atoms with Gasteiger partial charge in [0.2, 0.25) is 5.88 Å². The Morgan fingerprint density at radius 1 is 1.14 bits per heavy atom. The highest BCUT2D eigenvalue weighted by Crippen LogP contribution is 2.35. The summed E-state index contributed by atoms with van der Waals surface area (Å²) in [7, 11) is 0. The number of hydrogen-bond acceptors (Lipinski definition) is 6. The fourth-order valence-corrected chi connectivity index (χ4v) is 4.75. The van der Waals surface area contributed by atoms with Crippen LogP contribution >= 0.6 is 11.3 Å². The summed E-state index contributed by atoms with van der Waals surface area (Å²) in [5, 5.41) is 3.57. The number of hydrogen-bond donors (Lipinski definition) is 2. The van der Waals surface area contributed by atoms with Gasteiger partial charge in [-0.15, -0.1) is 11.3 Å². The van der Waals surface area contributed by atoms with E-state index >= 15 is 0 Å². The number of nitrogens with two attached hydrogens (primary N) is 1. The average molecular weight is 505 g/mol. The van der Waals surface area contributed by atoms with Gasteiger partial charge in [0.05, 0.1) is 15.4 Å². The molecular formula is C24H23F3N4O3S. The highest BCUT2D eigenvalue weighted by Gasteiger charge is 2.32. The molecule has 1 aromatic carbocycles. The first-order valence-corrected chi connectivity index (χ1v) is 11.8. The van der Waals surface area contributed by atoms with Gasteiger partial charge in [-0.2, -0.15) is 13.2 Å². The van der Waals surface area contributed by atoms with Crippen LogP contribution in [0.15, 0.2) is 42.7 Å². The third kappa shape index (κ3) is 5.97. The van der Waals surface area contributed by atoms with Crippen LogP contribution in [0.25, 0.3) is 10.4 Å². The molecule has 1 saturated carbocycles. The second-order valence-electron chi connectivity index (χ2n) is 8.33. The number of aromatic nitrogens is 2. The van der Waals surface area contributed by atoms with Crippen LogP contribution in [-0.4, -0.2) is 33.9 Å². The summed E-state index contributed by atoms with van der Waals surface area (Å²) in [5.74, 6) is -1.03. The van der Waals surface area contributed by atoms with Gasteiger partial charge in [0.15, 0.2) is 0 Å². The van der Waals surface area contributed by atoms with E-state index in [2.05, 4.69) is 15.3 Å². The zero-order chi connectivity index (χ0) is 25.2. The number of halogens is 3. The standard InChI is InChI=1S/C24H23F3N4O3S/c1-13-30-12-20(35-13)14-9-15(11-16(10-14)24(25,26)27)22(33)31-17-4-6-18(7-5-17)34-23-19(21(28)32)3-2-8-29-23/h2-3,8-12,17-18H,4-7H2,1H3,(H2,28,32)(H,31,33). The summed E-state index contributed by atoms with van der Waals surface area (Å²) in [6.07, 6.45) is 0.487. The highest BCUT2D eigenvalue weighted by molar-refractivity contribution is 7.15. The van der Waals surface area contributed by atoms with Crippen LogP contribution in [0.2, 0.25) is 0 Å².